The van der Waals surface area contributed by atoms with Gasteiger partial charge in [0.2, 0.25) is 0 Å². The number of halogens is 2. The van der Waals surface area contributed by atoms with Crippen molar-refractivity contribution in [3.05, 3.63) is 51.6 Å². The van der Waals surface area contributed by atoms with Gasteiger partial charge >= 0.3 is 0 Å². The summed E-state index contributed by atoms with van der Waals surface area (Å²) >= 11 is 6.15. The summed E-state index contributed by atoms with van der Waals surface area (Å²) in [5.74, 6) is -0.596. The maximum Gasteiger partial charge on any atom is 0.272 e. The molecule has 2 heterocycles. The zero-order valence-electron chi connectivity index (χ0n) is 13.7. The normalized spacial score (nSPS) is 14.3. The van der Waals surface area contributed by atoms with Crippen molar-refractivity contribution in [3.8, 4) is 0 Å². The van der Waals surface area contributed by atoms with Crippen molar-refractivity contribution in [1.82, 2.24) is 20.8 Å². The first-order valence-corrected chi connectivity index (χ1v) is 8.27. The van der Waals surface area contributed by atoms with Crippen LogP contribution < -0.4 is 10.6 Å². The summed E-state index contributed by atoms with van der Waals surface area (Å²) in [7, 11) is 0. The minimum absolute atomic E-state index is 0.220. The molecule has 0 atom stereocenters. The average Bonchev–Trinajstić information content (AvgIpc) is 2.96. The van der Waals surface area contributed by atoms with E-state index in [1.54, 1.807) is 6.07 Å². The fourth-order valence-electron chi connectivity index (χ4n) is 2.93. The maximum atomic E-state index is 13.2. The number of fused-ring (bicyclic) bond motifs is 1. The van der Waals surface area contributed by atoms with Crippen LogP contribution in [0.25, 0.3) is 0 Å². The highest BCUT2D eigenvalue weighted by molar-refractivity contribution is 6.31. The van der Waals surface area contributed by atoms with Crippen LogP contribution in [0.3, 0.4) is 0 Å². The average molecular weight is 351 g/mol. The molecule has 24 heavy (non-hydrogen) atoms. The molecule has 0 unspecified atom stereocenters. The van der Waals surface area contributed by atoms with E-state index in [-0.39, 0.29) is 11.7 Å². The molecule has 0 spiro atoms. The Bertz CT molecular complexity index is 772. The van der Waals surface area contributed by atoms with E-state index in [2.05, 4.69) is 20.8 Å². The summed E-state index contributed by atoms with van der Waals surface area (Å²) in [6.07, 6.45) is 0.840. The van der Waals surface area contributed by atoms with Crippen molar-refractivity contribution in [2.75, 3.05) is 13.1 Å². The Balaban J connectivity index is 1.72. The Labute approximate surface area is 145 Å². The van der Waals surface area contributed by atoms with Crippen LogP contribution in [0, 0.1) is 5.82 Å². The summed E-state index contributed by atoms with van der Waals surface area (Å²) in [5, 5.41) is 13.6. The summed E-state index contributed by atoms with van der Waals surface area (Å²) in [6, 6.07) is 4.32. The fraction of sp³-hybridized carbons (Fsp3) is 0.412. The molecule has 0 aliphatic carbocycles. The van der Waals surface area contributed by atoms with Crippen molar-refractivity contribution in [2.45, 2.75) is 32.2 Å². The van der Waals surface area contributed by atoms with Crippen molar-refractivity contribution >= 4 is 17.5 Å². The van der Waals surface area contributed by atoms with Gasteiger partial charge < -0.3 is 10.6 Å². The second kappa shape index (κ2) is 6.53. The van der Waals surface area contributed by atoms with Crippen molar-refractivity contribution in [2.24, 2.45) is 0 Å². The van der Waals surface area contributed by atoms with Gasteiger partial charge in [-0.2, -0.15) is 5.10 Å². The van der Waals surface area contributed by atoms with Crippen LogP contribution in [0.4, 0.5) is 4.39 Å². The van der Waals surface area contributed by atoms with Gasteiger partial charge in [0.15, 0.2) is 5.69 Å². The van der Waals surface area contributed by atoms with Crippen LogP contribution in [0.1, 0.15) is 41.2 Å². The number of aromatic amines is 1. The first-order chi connectivity index (χ1) is 11.4. The number of hydrogen-bond acceptors (Lipinski definition) is 3. The van der Waals surface area contributed by atoms with E-state index in [4.69, 9.17) is 11.6 Å². The van der Waals surface area contributed by atoms with E-state index in [0.717, 1.165) is 29.8 Å². The Hall–Kier alpha value is -1.92. The highest BCUT2D eigenvalue weighted by Gasteiger charge is 2.27. The molecule has 0 radical (unpaired) electrons. The van der Waals surface area contributed by atoms with E-state index in [0.29, 0.717) is 23.8 Å². The highest BCUT2D eigenvalue weighted by atomic mass is 35.5. The lowest BCUT2D eigenvalue weighted by molar-refractivity contribution is 0.0939. The van der Waals surface area contributed by atoms with E-state index in [1.165, 1.54) is 12.1 Å². The Kier molecular flexibility index (Phi) is 4.60. The predicted octanol–water partition coefficient (Wildman–Crippen LogP) is 2.56. The SMILES string of the molecule is CC(C)(CNC(=O)c1n[nH]c2c1CNCC2)c1ccc(F)cc1Cl. The Morgan fingerprint density at radius 1 is 1.46 bits per heavy atom. The predicted molar refractivity (Wildman–Crippen MR) is 90.8 cm³/mol. The second-order valence-corrected chi connectivity index (χ2v) is 7.05. The number of carbonyl (C=O) groups excluding carboxylic acids is 1. The van der Waals surface area contributed by atoms with Crippen LogP contribution in [0.5, 0.6) is 0 Å². The number of amides is 1. The lowest BCUT2D eigenvalue weighted by atomic mass is 9.84. The van der Waals surface area contributed by atoms with E-state index in [9.17, 15) is 9.18 Å². The standard InChI is InChI=1S/C17H20ClFN4O/c1-17(2,12-4-3-10(19)7-13(12)18)9-21-16(24)15-11-8-20-6-5-14(11)22-23-15/h3-4,7,20H,5-6,8-9H2,1-2H3,(H,21,24)(H,22,23). The smallest absolute Gasteiger partial charge is 0.272 e. The molecular formula is C17H20ClFN4O. The van der Waals surface area contributed by atoms with Gasteiger partial charge in [-0.3, -0.25) is 9.89 Å². The molecule has 3 N–H and O–H groups in total. The number of benzene rings is 1. The molecule has 0 saturated heterocycles. The number of hydrogen-bond donors (Lipinski definition) is 3. The number of nitrogens with zero attached hydrogens (tertiary/aromatic N) is 1. The molecule has 5 nitrogen and oxygen atoms in total. The molecular weight excluding hydrogens is 331 g/mol. The first-order valence-electron chi connectivity index (χ1n) is 7.89. The van der Waals surface area contributed by atoms with Gasteiger partial charge in [-0.15, -0.1) is 0 Å². The van der Waals surface area contributed by atoms with E-state index >= 15 is 0 Å². The molecule has 0 bridgehead atoms. The van der Waals surface area contributed by atoms with Crippen LogP contribution in [-0.4, -0.2) is 29.2 Å². The monoisotopic (exact) mass is 350 g/mol. The van der Waals surface area contributed by atoms with Gasteiger partial charge in [0.05, 0.1) is 0 Å². The molecule has 3 rings (SSSR count). The minimum Gasteiger partial charge on any atom is -0.350 e. The van der Waals surface area contributed by atoms with Crippen LogP contribution >= 0.6 is 11.6 Å². The van der Waals surface area contributed by atoms with Gasteiger partial charge in [0.1, 0.15) is 5.82 Å². The number of rotatable bonds is 4. The fourth-order valence-corrected chi connectivity index (χ4v) is 3.35. The quantitative estimate of drug-likeness (QED) is 0.793. The third-order valence-electron chi connectivity index (χ3n) is 4.37. The largest absolute Gasteiger partial charge is 0.350 e. The first kappa shape index (κ1) is 16.9. The Morgan fingerprint density at radius 2 is 2.25 bits per heavy atom. The van der Waals surface area contributed by atoms with Crippen LogP contribution in [-0.2, 0) is 18.4 Å². The van der Waals surface area contributed by atoms with Gasteiger partial charge in [0, 0.05) is 47.8 Å². The lowest BCUT2D eigenvalue weighted by Crippen LogP contribution is -2.37. The molecule has 2 aromatic rings. The van der Waals surface area contributed by atoms with Crippen molar-refractivity contribution < 1.29 is 9.18 Å². The molecule has 0 saturated carbocycles. The van der Waals surface area contributed by atoms with Crippen molar-refractivity contribution in [3.63, 3.8) is 0 Å². The second-order valence-electron chi connectivity index (χ2n) is 6.65. The topological polar surface area (TPSA) is 69.8 Å². The van der Waals surface area contributed by atoms with Gasteiger partial charge in [-0.1, -0.05) is 31.5 Å². The zero-order chi connectivity index (χ0) is 17.3. The number of carbonyl (C=O) groups is 1. The van der Waals surface area contributed by atoms with Crippen LogP contribution in [0.15, 0.2) is 18.2 Å². The van der Waals surface area contributed by atoms with Gasteiger partial charge in [-0.05, 0) is 17.7 Å². The number of aromatic nitrogens is 2. The number of nitrogens with one attached hydrogen (secondary N) is 3. The zero-order valence-corrected chi connectivity index (χ0v) is 14.4. The van der Waals surface area contributed by atoms with Gasteiger partial charge in [0.25, 0.3) is 5.91 Å². The lowest BCUT2D eigenvalue weighted by Gasteiger charge is -2.26. The molecule has 1 aliphatic rings. The molecule has 1 amide bonds. The van der Waals surface area contributed by atoms with E-state index < -0.39 is 5.41 Å². The van der Waals surface area contributed by atoms with Gasteiger partial charge in [-0.25, -0.2) is 4.39 Å². The molecule has 128 valence electrons. The summed E-state index contributed by atoms with van der Waals surface area (Å²) in [5.41, 5.74) is 2.72. The summed E-state index contributed by atoms with van der Waals surface area (Å²) in [4.78, 5) is 12.5. The molecule has 1 aliphatic heterocycles. The summed E-state index contributed by atoms with van der Waals surface area (Å²) < 4.78 is 13.2. The van der Waals surface area contributed by atoms with E-state index in [1.807, 2.05) is 13.8 Å². The third-order valence-corrected chi connectivity index (χ3v) is 4.69. The highest BCUT2D eigenvalue weighted by Crippen LogP contribution is 2.30. The molecule has 1 aromatic heterocycles. The van der Waals surface area contributed by atoms with Crippen molar-refractivity contribution in [1.29, 1.82) is 0 Å². The molecule has 0 fully saturated rings. The minimum atomic E-state index is -0.435. The number of H-pyrrole nitrogens is 1. The summed E-state index contributed by atoms with van der Waals surface area (Å²) in [6.45, 7) is 5.79. The molecule has 7 heteroatoms. The third kappa shape index (κ3) is 3.30. The Morgan fingerprint density at radius 3 is 3.00 bits per heavy atom. The molecule has 1 aromatic carbocycles. The maximum absolute atomic E-state index is 13.2. The van der Waals surface area contributed by atoms with Crippen LogP contribution in [0.2, 0.25) is 5.02 Å².